The van der Waals surface area contributed by atoms with Gasteiger partial charge in [0.1, 0.15) is 5.82 Å². The Morgan fingerprint density at radius 1 is 1.14 bits per heavy atom. The Balaban J connectivity index is 1.69. The first kappa shape index (κ1) is 14.8. The van der Waals surface area contributed by atoms with E-state index in [1.165, 1.54) is 25.7 Å². The summed E-state index contributed by atoms with van der Waals surface area (Å²) in [6.07, 6.45) is 5.50. The van der Waals surface area contributed by atoms with Crippen molar-refractivity contribution in [3.63, 3.8) is 0 Å². The van der Waals surface area contributed by atoms with Crippen LogP contribution in [0.3, 0.4) is 0 Å². The third kappa shape index (κ3) is 3.22. The lowest BCUT2D eigenvalue weighted by atomic mass is 10.0. The van der Waals surface area contributed by atoms with Crippen LogP contribution >= 0.6 is 0 Å². The highest BCUT2D eigenvalue weighted by molar-refractivity contribution is 5.55. The molecule has 1 heterocycles. The number of nitrogens with two attached hydrogens (primary N) is 1. The van der Waals surface area contributed by atoms with E-state index in [-0.39, 0.29) is 11.9 Å². The Morgan fingerprint density at radius 2 is 1.81 bits per heavy atom. The van der Waals surface area contributed by atoms with Crippen LogP contribution in [0, 0.1) is 5.82 Å². The number of piperazine rings is 1. The van der Waals surface area contributed by atoms with Crippen LogP contribution in [-0.2, 0) is 0 Å². The summed E-state index contributed by atoms with van der Waals surface area (Å²) in [5.74, 6) is -0.198. The van der Waals surface area contributed by atoms with Gasteiger partial charge >= 0.3 is 0 Å². The molecule has 2 aliphatic rings. The molecule has 0 bridgehead atoms. The maximum absolute atomic E-state index is 13.5. The van der Waals surface area contributed by atoms with E-state index >= 15 is 0 Å². The number of anilines is 1. The van der Waals surface area contributed by atoms with Crippen LogP contribution < -0.4 is 10.6 Å². The molecule has 2 fully saturated rings. The first-order chi connectivity index (χ1) is 10.1. The van der Waals surface area contributed by atoms with Crippen molar-refractivity contribution in [3.8, 4) is 0 Å². The Hall–Kier alpha value is -1.13. The summed E-state index contributed by atoms with van der Waals surface area (Å²) in [5.41, 5.74) is 8.04. The van der Waals surface area contributed by atoms with Crippen molar-refractivity contribution in [2.45, 2.75) is 44.7 Å². The molecule has 0 spiro atoms. The van der Waals surface area contributed by atoms with Gasteiger partial charge in [0.15, 0.2) is 0 Å². The van der Waals surface area contributed by atoms with Crippen LogP contribution in [0.1, 0.15) is 44.2 Å². The SMILES string of the molecule is C[C@H](N)c1cc(F)ccc1N1CCN(C2CCCC2)CC1. The molecule has 3 rings (SSSR count). The van der Waals surface area contributed by atoms with Gasteiger partial charge in [-0.25, -0.2) is 4.39 Å². The van der Waals surface area contributed by atoms with E-state index in [2.05, 4.69) is 9.80 Å². The number of halogens is 1. The molecular weight excluding hydrogens is 265 g/mol. The second-order valence-electron chi connectivity index (χ2n) is 6.45. The van der Waals surface area contributed by atoms with Gasteiger partial charge < -0.3 is 10.6 Å². The average Bonchev–Trinajstić information content (AvgIpc) is 3.01. The van der Waals surface area contributed by atoms with E-state index in [0.29, 0.717) is 0 Å². The summed E-state index contributed by atoms with van der Waals surface area (Å²) in [7, 11) is 0. The standard InChI is InChI=1S/C17H26FN3/c1-13(19)16-12-14(18)6-7-17(16)21-10-8-20(9-11-21)15-4-2-3-5-15/h6-7,12-13,15H,2-5,8-11,19H2,1H3/t13-/m0/s1. The lowest BCUT2D eigenvalue weighted by molar-refractivity contribution is 0.187. The van der Waals surface area contributed by atoms with E-state index in [1.54, 1.807) is 12.1 Å². The van der Waals surface area contributed by atoms with Crippen molar-refractivity contribution in [2.24, 2.45) is 5.73 Å². The summed E-state index contributed by atoms with van der Waals surface area (Å²) in [5, 5.41) is 0. The van der Waals surface area contributed by atoms with Crippen LogP contribution in [0.2, 0.25) is 0 Å². The van der Waals surface area contributed by atoms with E-state index in [1.807, 2.05) is 13.0 Å². The molecule has 0 unspecified atom stereocenters. The third-order valence-corrected chi connectivity index (χ3v) is 4.98. The molecule has 0 aromatic heterocycles. The fraction of sp³-hybridized carbons (Fsp3) is 0.647. The number of hydrogen-bond acceptors (Lipinski definition) is 3. The molecule has 116 valence electrons. The fourth-order valence-corrected chi connectivity index (χ4v) is 3.78. The highest BCUT2D eigenvalue weighted by Gasteiger charge is 2.27. The zero-order valence-electron chi connectivity index (χ0n) is 12.9. The molecule has 3 nitrogen and oxygen atoms in total. The van der Waals surface area contributed by atoms with Crippen LogP contribution in [-0.4, -0.2) is 37.1 Å². The largest absolute Gasteiger partial charge is 0.369 e. The summed E-state index contributed by atoms with van der Waals surface area (Å²) >= 11 is 0. The number of rotatable bonds is 3. The molecular formula is C17H26FN3. The molecule has 1 saturated carbocycles. The van der Waals surface area contributed by atoms with Gasteiger partial charge in [-0.15, -0.1) is 0 Å². The van der Waals surface area contributed by atoms with Gasteiger partial charge in [-0.1, -0.05) is 12.8 Å². The van der Waals surface area contributed by atoms with Crippen LogP contribution in [0.15, 0.2) is 18.2 Å². The van der Waals surface area contributed by atoms with E-state index < -0.39 is 0 Å². The predicted molar refractivity (Wildman–Crippen MR) is 85.0 cm³/mol. The molecule has 1 saturated heterocycles. The number of nitrogens with zero attached hydrogens (tertiary/aromatic N) is 2. The van der Waals surface area contributed by atoms with Gasteiger partial charge in [0.05, 0.1) is 0 Å². The number of hydrogen-bond donors (Lipinski definition) is 1. The van der Waals surface area contributed by atoms with Crippen molar-refractivity contribution < 1.29 is 4.39 Å². The molecule has 0 amide bonds. The van der Waals surface area contributed by atoms with Crippen molar-refractivity contribution in [2.75, 3.05) is 31.1 Å². The lowest BCUT2D eigenvalue weighted by Gasteiger charge is -2.40. The monoisotopic (exact) mass is 291 g/mol. The minimum Gasteiger partial charge on any atom is -0.369 e. The Morgan fingerprint density at radius 3 is 2.43 bits per heavy atom. The molecule has 2 N–H and O–H groups in total. The molecule has 0 radical (unpaired) electrons. The van der Waals surface area contributed by atoms with E-state index in [9.17, 15) is 4.39 Å². The zero-order valence-corrected chi connectivity index (χ0v) is 12.9. The lowest BCUT2D eigenvalue weighted by Crippen LogP contribution is -2.50. The molecule has 4 heteroatoms. The van der Waals surface area contributed by atoms with E-state index in [4.69, 9.17) is 5.73 Å². The smallest absolute Gasteiger partial charge is 0.123 e. The van der Waals surface area contributed by atoms with Crippen molar-refractivity contribution in [1.82, 2.24) is 4.90 Å². The van der Waals surface area contributed by atoms with Gasteiger partial charge in [0.25, 0.3) is 0 Å². The molecule has 1 aromatic rings. The average molecular weight is 291 g/mol. The Labute approximate surface area is 126 Å². The summed E-state index contributed by atoms with van der Waals surface area (Å²) < 4.78 is 13.5. The fourth-order valence-electron chi connectivity index (χ4n) is 3.78. The maximum atomic E-state index is 13.5. The van der Waals surface area contributed by atoms with Crippen LogP contribution in [0.5, 0.6) is 0 Å². The highest BCUT2D eigenvalue weighted by atomic mass is 19.1. The summed E-state index contributed by atoms with van der Waals surface area (Å²) in [6, 6.07) is 5.68. The number of benzene rings is 1. The highest BCUT2D eigenvalue weighted by Crippen LogP contribution is 2.29. The van der Waals surface area contributed by atoms with Crippen LogP contribution in [0.25, 0.3) is 0 Å². The zero-order chi connectivity index (χ0) is 14.8. The van der Waals surface area contributed by atoms with Gasteiger partial charge in [-0.2, -0.15) is 0 Å². The normalized spacial score (nSPS) is 22.7. The van der Waals surface area contributed by atoms with Gasteiger partial charge in [-0.3, -0.25) is 4.90 Å². The van der Waals surface area contributed by atoms with Crippen molar-refractivity contribution in [3.05, 3.63) is 29.6 Å². The van der Waals surface area contributed by atoms with Crippen molar-refractivity contribution in [1.29, 1.82) is 0 Å². The van der Waals surface area contributed by atoms with E-state index in [0.717, 1.165) is 43.5 Å². The summed E-state index contributed by atoms with van der Waals surface area (Å²) in [4.78, 5) is 5.00. The molecule has 1 atom stereocenters. The first-order valence-corrected chi connectivity index (χ1v) is 8.19. The Kier molecular flexibility index (Phi) is 4.45. The quantitative estimate of drug-likeness (QED) is 0.929. The topological polar surface area (TPSA) is 32.5 Å². The second kappa shape index (κ2) is 6.32. The second-order valence-corrected chi connectivity index (χ2v) is 6.45. The van der Waals surface area contributed by atoms with Crippen molar-refractivity contribution >= 4 is 5.69 Å². The predicted octanol–water partition coefficient (Wildman–Crippen LogP) is 2.91. The third-order valence-electron chi connectivity index (χ3n) is 4.98. The van der Waals surface area contributed by atoms with Gasteiger partial charge in [-0.05, 0) is 43.5 Å². The molecule has 1 aliphatic carbocycles. The maximum Gasteiger partial charge on any atom is 0.123 e. The summed E-state index contributed by atoms with van der Waals surface area (Å²) in [6.45, 7) is 6.18. The minimum absolute atomic E-state index is 0.136. The molecule has 1 aromatic carbocycles. The van der Waals surface area contributed by atoms with Gasteiger partial charge in [0.2, 0.25) is 0 Å². The first-order valence-electron chi connectivity index (χ1n) is 8.19. The van der Waals surface area contributed by atoms with Gasteiger partial charge in [0, 0.05) is 44.0 Å². The Bertz CT molecular complexity index is 475. The van der Waals surface area contributed by atoms with Crippen LogP contribution in [0.4, 0.5) is 10.1 Å². The molecule has 21 heavy (non-hydrogen) atoms. The minimum atomic E-state index is -0.198. The molecule has 1 aliphatic heterocycles.